The predicted molar refractivity (Wildman–Crippen MR) is 108 cm³/mol. The molecule has 3 aromatic rings. The monoisotopic (exact) mass is 447 g/mol. The number of anilines is 1. The minimum absolute atomic E-state index is 0.152. The number of aromatic nitrogens is 2. The molecule has 1 amide bonds. The first-order chi connectivity index (χ1) is 13.0. The summed E-state index contributed by atoms with van der Waals surface area (Å²) in [5.41, 5.74) is 2.95. The summed E-state index contributed by atoms with van der Waals surface area (Å²) >= 11 is 4.62. The Kier molecular flexibility index (Phi) is 6.52. The highest BCUT2D eigenvalue weighted by Gasteiger charge is 2.11. The average molecular weight is 448 g/mol. The molecule has 2 aromatic carbocycles. The summed E-state index contributed by atoms with van der Waals surface area (Å²) in [6.07, 6.45) is 0. The van der Waals surface area contributed by atoms with Crippen molar-refractivity contribution in [2.24, 2.45) is 0 Å². The van der Waals surface area contributed by atoms with Crippen LogP contribution in [0.2, 0.25) is 0 Å². The molecule has 0 atom stereocenters. The van der Waals surface area contributed by atoms with Crippen molar-refractivity contribution >= 4 is 39.3 Å². The van der Waals surface area contributed by atoms with Crippen LogP contribution in [-0.2, 0) is 11.4 Å². The van der Waals surface area contributed by atoms with Crippen molar-refractivity contribution in [1.29, 1.82) is 0 Å². The topological polar surface area (TPSA) is 77.2 Å². The summed E-state index contributed by atoms with van der Waals surface area (Å²) < 4.78 is 12.0. The second-order valence-electron chi connectivity index (χ2n) is 5.89. The van der Waals surface area contributed by atoms with E-state index in [0.29, 0.717) is 11.1 Å². The molecule has 0 aliphatic carbocycles. The number of carbonyl (C=O) groups excluding carboxylic acids is 1. The molecule has 27 heavy (non-hydrogen) atoms. The molecule has 0 bridgehead atoms. The Bertz CT molecular complexity index is 945. The van der Waals surface area contributed by atoms with Crippen molar-refractivity contribution in [3.63, 3.8) is 0 Å². The highest BCUT2D eigenvalue weighted by Crippen LogP contribution is 2.24. The molecule has 0 aliphatic heterocycles. The number of benzene rings is 2. The summed E-state index contributed by atoms with van der Waals surface area (Å²) in [5.74, 6) is 1.12. The molecule has 0 saturated carbocycles. The normalized spacial score (nSPS) is 10.6. The fraction of sp³-hybridized carbons (Fsp3) is 0.211. The van der Waals surface area contributed by atoms with Crippen LogP contribution >= 0.6 is 27.7 Å². The van der Waals surface area contributed by atoms with E-state index in [0.717, 1.165) is 27.0 Å². The number of hydrogen-bond donors (Lipinski definition) is 1. The third kappa shape index (κ3) is 5.83. The van der Waals surface area contributed by atoms with E-state index < -0.39 is 0 Å². The number of aryl methyl sites for hydroxylation is 2. The van der Waals surface area contributed by atoms with Gasteiger partial charge in [-0.2, -0.15) is 0 Å². The van der Waals surface area contributed by atoms with Crippen LogP contribution in [0.25, 0.3) is 0 Å². The van der Waals surface area contributed by atoms with Crippen LogP contribution < -0.4 is 10.1 Å². The Morgan fingerprint density at radius 2 is 2.00 bits per heavy atom. The van der Waals surface area contributed by atoms with Gasteiger partial charge >= 0.3 is 0 Å². The predicted octanol–water partition coefficient (Wildman–Crippen LogP) is 4.76. The second kappa shape index (κ2) is 9.05. The maximum absolute atomic E-state index is 12.1. The van der Waals surface area contributed by atoms with Crippen molar-refractivity contribution in [1.82, 2.24) is 10.2 Å². The zero-order valence-corrected chi connectivity index (χ0v) is 17.3. The molecule has 140 valence electrons. The molecular weight excluding hydrogens is 430 g/mol. The molecular formula is C19H18BrN3O3S. The zero-order chi connectivity index (χ0) is 19.2. The third-order valence-electron chi connectivity index (χ3n) is 3.53. The summed E-state index contributed by atoms with van der Waals surface area (Å²) in [5, 5.41) is 11.0. The summed E-state index contributed by atoms with van der Waals surface area (Å²) in [4.78, 5) is 12.1. The first-order valence-corrected chi connectivity index (χ1v) is 9.98. The number of ether oxygens (including phenoxy) is 1. The van der Waals surface area contributed by atoms with Crippen LogP contribution in [0.1, 0.15) is 17.0 Å². The van der Waals surface area contributed by atoms with Crippen LogP contribution in [0.4, 0.5) is 5.69 Å². The summed E-state index contributed by atoms with van der Waals surface area (Å²) in [7, 11) is 0. The summed E-state index contributed by atoms with van der Waals surface area (Å²) in [6.45, 7) is 4.16. The molecule has 1 heterocycles. The Morgan fingerprint density at radius 1 is 1.19 bits per heavy atom. The maximum atomic E-state index is 12.1. The number of nitrogens with zero attached hydrogens (tertiary/aromatic N) is 2. The first kappa shape index (κ1) is 19.4. The minimum Gasteiger partial charge on any atom is -0.484 e. The van der Waals surface area contributed by atoms with Gasteiger partial charge in [0.15, 0.2) is 6.61 Å². The lowest BCUT2D eigenvalue weighted by Gasteiger charge is -2.07. The standard InChI is InChI=1S/C19H18BrN3O3S/c1-12-4-3-5-14(8-12)25-10-18-22-23-19(26-18)27-11-17(24)21-16-7-6-13(2)9-15(16)20/h3-9H,10-11H2,1-2H3,(H,21,24). The molecule has 0 unspecified atom stereocenters. The van der Waals surface area contributed by atoms with Gasteiger partial charge in [0.25, 0.3) is 11.1 Å². The highest BCUT2D eigenvalue weighted by molar-refractivity contribution is 9.10. The molecule has 0 aliphatic rings. The van der Waals surface area contributed by atoms with Gasteiger partial charge in [-0.15, -0.1) is 10.2 Å². The van der Waals surface area contributed by atoms with E-state index in [-0.39, 0.29) is 18.3 Å². The number of hydrogen-bond acceptors (Lipinski definition) is 6. The van der Waals surface area contributed by atoms with Gasteiger partial charge in [0.05, 0.1) is 11.4 Å². The number of thioether (sulfide) groups is 1. The Morgan fingerprint density at radius 3 is 2.78 bits per heavy atom. The minimum atomic E-state index is -0.152. The second-order valence-corrected chi connectivity index (χ2v) is 7.67. The van der Waals surface area contributed by atoms with Gasteiger partial charge in [-0.25, -0.2) is 0 Å². The van der Waals surface area contributed by atoms with Crippen molar-refractivity contribution in [3.8, 4) is 5.75 Å². The van der Waals surface area contributed by atoms with Crippen LogP contribution in [0, 0.1) is 13.8 Å². The zero-order valence-electron chi connectivity index (χ0n) is 14.9. The van der Waals surface area contributed by atoms with Gasteiger partial charge in [-0.05, 0) is 65.2 Å². The van der Waals surface area contributed by atoms with E-state index in [1.165, 1.54) is 11.8 Å². The van der Waals surface area contributed by atoms with E-state index in [1.54, 1.807) is 0 Å². The van der Waals surface area contributed by atoms with E-state index >= 15 is 0 Å². The lowest BCUT2D eigenvalue weighted by molar-refractivity contribution is -0.113. The number of nitrogens with one attached hydrogen (secondary N) is 1. The smallest absolute Gasteiger partial charge is 0.277 e. The summed E-state index contributed by atoms with van der Waals surface area (Å²) in [6, 6.07) is 13.5. The number of rotatable bonds is 7. The molecule has 1 N–H and O–H groups in total. The van der Waals surface area contributed by atoms with Crippen LogP contribution in [0.3, 0.4) is 0 Å². The lowest BCUT2D eigenvalue weighted by atomic mass is 10.2. The number of amides is 1. The van der Waals surface area contributed by atoms with Crippen LogP contribution in [0.15, 0.2) is 56.6 Å². The largest absolute Gasteiger partial charge is 0.484 e. The Balaban J connectivity index is 1.48. The SMILES string of the molecule is Cc1cccc(OCc2nnc(SCC(=O)Nc3ccc(C)cc3Br)o2)c1. The van der Waals surface area contributed by atoms with Crippen LogP contribution in [0.5, 0.6) is 5.75 Å². The molecule has 0 radical (unpaired) electrons. The van der Waals surface area contributed by atoms with E-state index in [9.17, 15) is 4.79 Å². The fourth-order valence-corrected chi connectivity index (χ4v) is 3.41. The average Bonchev–Trinajstić information content (AvgIpc) is 3.09. The quantitative estimate of drug-likeness (QED) is 0.526. The van der Waals surface area contributed by atoms with Gasteiger partial charge in [-0.1, -0.05) is 30.0 Å². The van der Waals surface area contributed by atoms with Crippen molar-refractivity contribution in [2.45, 2.75) is 25.7 Å². The molecule has 0 fully saturated rings. The Hall–Kier alpha value is -2.32. The number of halogens is 1. The van der Waals surface area contributed by atoms with E-state index in [1.807, 2.05) is 56.3 Å². The van der Waals surface area contributed by atoms with Crippen LogP contribution in [-0.4, -0.2) is 21.9 Å². The Labute approximate surface area is 169 Å². The van der Waals surface area contributed by atoms with Gasteiger partial charge in [0, 0.05) is 4.47 Å². The van der Waals surface area contributed by atoms with Crippen molar-refractivity contribution in [2.75, 3.05) is 11.1 Å². The fourth-order valence-electron chi connectivity index (χ4n) is 2.24. The first-order valence-electron chi connectivity index (χ1n) is 8.20. The third-order valence-corrected chi connectivity index (χ3v) is 5.00. The lowest BCUT2D eigenvalue weighted by Crippen LogP contribution is -2.14. The number of carbonyl (C=O) groups is 1. The van der Waals surface area contributed by atoms with E-state index in [2.05, 4.69) is 31.4 Å². The van der Waals surface area contributed by atoms with Gasteiger partial charge in [0.1, 0.15) is 5.75 Å². The van der Waals surface area contributed by atoms with Gasteiger partial charge in [-0.3, -0.25) is 4.79 Å². The van der Waals surface area contributed by atoms with E-state index in [4.69, 9.17) is 9.15 Å². The van der Waals surface area contributed by atoms with Crippen molar-refractivity contribution < 1.29 is 13.9 Å². The van der Waals surface area contributed by atoms with Gasteiger partial charge in [0.2, 0.25) is 5.91 Å². The van der Waals surface area contributed by atoms with Gasteiger partial charge < -0.3 is 14.5 Å². The molecule has 3 rings (SSSR count). The molecule has 8 heteroatoms. The maximum Gasteiger partial charge on any atom is 0.277 e. The molecule has 0 spiro atoms. The molecule has 0 saturated heterocycles. The molecule has 1 aromatic heterocycles. The van der Waals surface area contributed by atoms with Crippen molar-refractivity contribution in [3.05, 3.63) is 64.0 Å². The highest BCUT2D eigenvalue weighted by atomic mass is 79.9. The molecule has 6 nitrogen and oxygen atoms in total.